The summed E-state index contributed by atoms with van der Waals surface area (Å²) in [5, 5.41) is 3.24. The Morgan fingerprint density at radius 2 is 1.75 bits per heavy atom. The van der Waals surface area contributed by atoms with Crippen LogP contribution in [0.4, 0.5) is 17.5 Å². The van der Waals surface area contributed by atoms with Crippen molar-refractivity contribution in [1.82, 2.24) is 9.97 Å². The van der Waals surface area contributed by atoms with E-state index in [9.17, 15) is 0 Å². The average molecular weight is 383 g/mol. The number of halogens is 1. The van der Waals surface area contributed by atoms with Crippen LogP contribution < -0.4 is 10.2 Å². The van der Waals surface area contributed by atoms with Crippen molar-refractivity contribution in [1.29, 1.82) is 0 Å². The number of hydrogen-bond donors (Lipinski definition) is 1. The van der Waals surface area contributed by atoms with E-state index in [0.29, 0.717) is 5.95 Å². The first kappa shape index (κ1) is 16.5. The quantitative estimate of drug-likeness (QED) is 0.650. The van der Waals surface area contributed by atoms with Crippen molar-refractivity contribution >= 4 is 33.4 Å². The van der Waals surface area contributed by atoms with Crippen molar-refractivity contribution in [2.24, 2.45) is 0 Å². The van der Waals surface area contributed by atoms with Crippen molar-refractivity contribution in [3.63, 3.8) is 0 Å². The lowest BCUT2D eigenvalue weighted by Gasteiger charge is -2.22. The van der Waals surface area contributed by atoms with Crippen molar-refractivity contribution in [2.75, 3.05) is 16.8 Å². The van der Waals surface area contributed by atoms with Gasteiger partial charge in [0.15, 0.2) is 0 Å². The molecule has 0 amide bonds. The topological polar surface area (TPSA) is 41.1 Å². The van der Waals surface area contributed by atoms with Gasteiger partial charge in [-0.3, -0.25) is 0 Å². The smallest absolute Gasteiger partial charge is 0.229 e. The Bertz CT molecular complexity index is 775. The van der Waals surface area contributed by atoms with E-state index in [-0.39, 0.29) is 0 Å². The molecule has 1 N–H and O–H groups in total. The predicted molar refractivity (Wildman–Crippen MR) is 103 cm³/mol. The Balaban J connectivity index is 1.76. The summed E-state index contributed by atoms with van der Waals surface area (Å²) in [7, 11) is 0. The van der Waals surface area contributed by atoms with Crippen LogP contribution in [0.3, 0.4) is 0 Å². The lowest BCUT2D eigenvalue weighted by atomic mass is 10.2. The molecule has 0 atom stereocenters. The second-order valence-electron chi connectivity index (χ2n) is 5.37. The van der Waals surface area contributed by atoms with Crippen LogP contribution in [-0.2, 0) is 6.54 Å². The summed E-state index contributed by atoms with van der Waals surface area (Å²) >= 11 is 3.44. The molecule has 0 bridgehead atoms. The lowest BCUT2D eigenvalue weighted by molar-refractivity contribution is 0.811. The molecule has 4 nitrogen and oxygen atoms in total. The number of hydrogen-bond acceptors (Lipinski definition) is 4. The van der Waals surface area contributed by atoms with Crippen molar-refractivity contribution in [3.05, 3.63) is 76.9 Å². The van der Waals surface area contributed by atoms with E-state index < -0.39 is 0 Å². The molecule has 2 aromatic carbocycles. The molecule has 0 aliphatic rings. The number of nitrogens with one attached hydrogen (secondary N) is 1. The normalized spacial score (nSPS) is 10.4. The van der Waals surface area contributed by atoms with Crippen LogP contribution in [0.5, 0.6) is 0 Å². The summed E-state index contributed by atoms with van der Waals surface area (Å²) < 4.78 is 1.04. The SMILES string of the molecule is CCN(Cc1ccccc1)c1ccnc(Nc2ccc(Br)cc2)n1. The zero-order valence-corrected chi connectivity index (χ0v) is 15.1. The molecule has 0 saturated carbocycles. The molecule has 0 aliphatic carbocycles. The third-order valence-electron chi connectivity index (χ3n) is 3.66. The first-order valence-corrected chi connectivity index (χ1v) is 8.68. The predicted octanol–water partition coefficient (Wildman–Crippen LogP) is 5.01. The minimum Gasteiger partial charge on any atom is -0.352 e. The molecule has 3 aromatic rings. The minimum absolute atomic E-state index is 0.598. The number of benzene rings is 2. The van der Waals surface area contributed by atoms with E-state index in [1.54, 1.807) is 6.20 Å². The second kappa shape index (κ2) is 7.93. The van der Waals surface area contributed by atoms with E-state index >= 15 is 0 Å². The summed E-state index contributed by atoms with van der Waals surface area (Å²) in [5.41, 5.74) is 2.22. The van der Waals surface area contributed by atoms with Crippen molar-refractivity contribution in [2.45, 2.75) is 13.5 Å². The van der Waals surface area contributed by atoms with Gasteiger partial charge < -0.3 is 10.2 Å². The molecule has 0 radical (unpaired) electrons. The fourth-order valence-electron chi connectivity index (χ4n) is 2.41. The maximum atomic E-state index is 4.65. The highest BCUT2D eigenvalue weighted by Crippen LogP contribution is 2.19. The third kappa shape index (κ3) is 4.32. The van der Waals surface area contributed by atoms with Gasteiger partial charge in [-0.25, -0.2) is 4.98 Å². The van der Waals surface area contributed by atoms with Crippen LogP contribution in [-0.4, -0.2) is 16.5 Å². The van der Waals surface area contributed by atoms with E-state index in [4.69, 9.17) is 0 Å². The van der Waals surface area contributed by atoms with Gasteiger partial charge >= 0.3 is 0 Å². The van der Waals surface area contributed by atoms with E-state index in [1.807, 2.05) is 36.4 Å². The Labute approximate surface area is 150 Å². The molecule has 0 saturated heterocycles. The molecule has 0 fully saturated rings. The lowest BCUT2D eigenvalue weighted by Crippen LogP contribution is -2.23. The Hall–Kier alpha value is -2.40. The van der Waals surface area contributed by atoms with Crippen LogP contribution in [0.2, 0.25) is 0 Å². The molecule has 0 aliphatic heterocycles. The molecule has 122 valence electrons. The largest absolute Gasteiger partial charge is 0.352 e. The standard InChI is InChI=1S/C19H19BrN4/c1-2-24(14-15-6-4-3-5-7-15)18-12-13-21-19(23-18)22-17-10-8-16(20)9-11-17/h3-13H,2,14H2,1H3,(H,21,22,23). The van der Waals surface area contributed by atoms with Crippen LogP contribution in [0, 0.1) is 0 Å². The van der Waals surface area contributed by atoms with Crippen LogP contribution in [0.25, 0.3) is 0 Å². The van der Waals surface area contributed by atoms with Crippen LogP contribution in [0.1, 0.15) is 12.5 Å². The Kier molecular flexibility index (Phi) is 5.43. The molecule has 0 unspecified atom stereocenters. The molecule has 1 aromatic heterocycles. The first-order valence-electron chi connectivity index (χ1n) is 7.89. The van der Waals surface area contributed by atoms with Gasteiger partial charge in [-0.15, -0.1) is 0 Å². The van der Waals surface area contributed by atoms with Gasteiger partial charge in [0, 0.05) is 29.4 Å². The van der Waals surface area contributed by atoms with Gasteiger partial charge in [-0.2, -0.15) is 4.98 Å². The summed E-state index contributed by atoms with van der Waals surface area (Å²) in [4.78, 5) is 11.2. The van der Waals surface area contributed by atoms with Gasteiger partial charge in [0.2, 0.25) is 5.95 Å². The maximum absolute atomic E-state index is 4.65. The second-order valence-corrected chi connectivity index (χ2v) is 6.29. The monoisotopic (exact) mass is 382 g/mol. The van der Waals surface area contributed by atoms with E-state index in [0.717, 1.165) is 29.1 Å². The fourth-order valence-corrected chi connectivity index (χ4v) is 2.67. The highest BCUT2D eigenvalue weighted by molar-refractivity contribution is 9.10. The van der Waals surface area contributed by atoms with Gasteiger partial charge in [0.05, 0.1) is 0 Å². The first-order chi connectivity index (χ1) is 11.7. The van der Waals surface area contributed by atoms with Crippen LogP contribution in [0.15, 0.2) is 71.3 Å². The maximum Gasteiger partial charge on any atom is 0.229 e. The molecule has 24 heavy (non-hydrogen) atoms. The number of anilines is 3. The third-order valence-corrected chi connectivity index (χ3v) is 4.19. The zero-order chi connectivity index (χ0) is 16.8. The van der Waals surface area contributed by atoms with Crippen molar-refractivity contribution in [3.8, 4) is 0 Å². The number of aromatic nitrogens is 2. The van der Waals surface area contributed by atoms with Gasteiger partial charge in [-0.1, -0.05) is 46.3 Å². The van der Waals surface area contributed by atoms with E-state index in [2.05, 4.69) is 67.3 Å². The zero-order valence-electron chi connectivity index (χ0n) is 13.5. The Morgan fingerprint density at radius 1 is 1.00 bits per heavy atom. The Morgan fingerprint density at radius 3 is 2.46 bits per heavy atom. The van der Waals surface area contributed by atoms with Crippen molar-refractivity contribution < 1.29 is 0 Å². The minimum atomic E-state index is 0.598. The summed E-state index contributed by atoms with van der Waals surface area (Å²) in [6.45, 7) is 3.84. The molecule has 1 heterocycles. The molecule has 0 spiro atoms. The molecular formula is C19H19BrN4. The van der Waals surface area contributed by atoms with Gasteiger partial charge in [0.1, 0.15) is 5.82 Å². The fraction of sp³-hybridized carbons (Fsp3) is 0.158. The summed E-state index contributed by atoms with van der Waals surface area (Å²) in [5.74, 6) is 1.51. The molecule has 5 heteroatoms. The highest BCUT2D eigenvalue weighted by atomic mass is 79.9. The molecule has 3 rings (SSSR count). The van der Waals surface area contributed by atoms with Crippen LogP contribution >= 0.6 is 15.9 Å². The summed E-state index contributed by atoms with van der Waals surface area (Å²) in [6.07, 6.45) is 1.79. The highest BCUT2D eigenvalue weighted by Gasteiger charge is 2.08. The summed E-state index contributed by atoms with van der Waals surface area (Å²) in [6, 6.07) is 20.3. The average Bonchev–Trinajstić information content (AvgIpc) is 2.63. The van der Waals surface area contributed by atoms with E-state index in [1.165, 1.54) is 5.56 Å². The molecular weight excluding hydrogens is 364 g/mol. The number of nitrogens with zero attached hydrogens (tertiary/aromatic N) is 3. The van der Waals surface area contributed by atoms with Gasteiger partial charge in [0.25, 0.3) is 0 Å². The van der Waals surface area contributed by atoms with Gasteiger partial charge in [-0.05, 0) is 42.8 Å². The number of rotatable bonds is 6.